The molecular formula is C16H13FN4O2. The number of halogens is 1. The molecule has 0 saturated carbocycles. The average Bonchev–Trinajstić information content (AvgIpc) is 2.96. The van der Waals surface area contributed by atoms with E-state index in [4.69, 9.17) is 10.5 Å². The van der Waals surface area contributed by atoms with Gasteiger partial charge in [0.2, 0.25) is 5.95 Å². The summed E-state index contributed by atoms with van der Waals surface area (Å²) in [5.74, 6) is -0.228. The van der Waals surface area contributed by atoms with Crippen molar-refractivity contribution >= 4 is 11.9 Å². The van der Waals surface area contributed by atoms with Crippen molar-refractivity contribution in [3.8, 4) is 17.1 Å². The lowest BCUT2D eigenvalue weighted by molar-refractivity contribution is 0.0945. The number of benzene rings is 2. The maximum absolute atomic E-state index is 13.0. The molecule has 0 saturated heterocycles. The molecule has 116 valence electrons. The number of para-hydroxylation sites is 1. The number of carbonyl (C=O) groups excluding carboxylic acids is 1. The maximum atomic E-state index is 13.0. The number of carbonyl (C=O) groups is 1. The Balaban J connectivity index is 2.01. The number of rotatable bonds is 3. The average molecular weight is 312 g/mol. The number of aromatic nitrogens is 3. The second-order valence-corrected chi connectivity index (χ2v) is 4.72. The second-order valence-electron chi connectivity index (χ2n) is 4.72. The number of methoxy groups -OCH3 is 1. The molecule has 7 heteroatoms. The van der Waals surface area contributed by atoms with Gasteiger partial charge in [0.1, 0.15) is 11.6 Å². The molecule has 0 amide bonds. The van der Waals surface area contributed by atoms with Gasteiger partial charge in [0.15, 0.2) is 5.82 Å². The molecule has 0 radical (unpaired) electrons. The summed E-state index contributed by atoms with van der Waals surface area (Å²) in [4.78, 5) is 16.6. The number of hydrogen-bond acceptors (Lipinski definition) is 5. The maximum Gasteiger partial charge on any atom is 0.285 e. The molecule has 0 bridgehead atoms. The highest BCUT2D eigenvalue weighted by molar-refractivity contribution is 5.99. The van der Waals surface area contributed by atoms with Crippen molar-refractivity contribution in [2.75, 3.05) is 12.8 Å². The zero-order valence-electron chi connectivity index (χ0n) is 12.2. The predicted octanol–water partition coefficient (Wildman–Crippen LogP) is 2.36. The van der Waals surface area contributed by atoms with E-state index in [2.05, 4.69) is 10.1 Å². The molecule has 0 spiro atoms. The third-order valence-corrected chi connectivity index (χ3v) is 3.26. The van der Waals surface area contributed by atoms with Gasteiger partial charge < -0.3 is 10.5 Å². The summed E-state index contributed by atoms with van der Waals surface area (Å²) < 4.78 is 19.1. The number of ether oxygens (including phenoxy) is 1. The third kappa shape index (κ3) is 2.76. The van der Waals surface area contributed by atoms with E-state index in [-0.39, 0.29) is 17.6 Å². The Kier molecular flexibility index (Phi) is 3.76. The summed E-state index contributed by atoms with van der Waals surface area (Å²) in [6, 6.07) is 12.3. The molecule has 0 fully saturated rings. The van der Waals surface area contributed by atoms with Gasteiger partial charge >= 0.3 is 0 Å². The van der Waals surface area contributed by atoms with E-state index in [1.807, 2.05) is 0 Å². The minimum atomic E-state index is -0.458. The normalized spacial score (nSPS) is 10.5. The lowest BCUT2D eigenvalue weighted by Gasteiger charge is -2.06. The smallest absolute Gasteiger partial charge is 0.285 e. The quantitative estimate of drug-likeness (QED) is 0.802. The second kappa shape index (κ2) is 5.88. The van der Waals surface area contributed by atoms with Gasteiger partial charge in [-0.05, 0) is 36.4 Å². The summed E-state index contributed by atoms with van der Waals surface area (Å²) in [5.41, 5.74) is 6.67. The molecule has 2 aromatic carbocycles. The summed E-state index contributed by atoms with van der Waals surface area (Å²) in [5, 5.41) is 4.11. The van der Waals surface area contributed by atoms with E-state index in [1.54, 1.807) is 24.3 Å². The molecule has 0 aliphatic heterocycles. The number of nitrogens with two attached hydrogens (primary N) is 1. The van der Waals surface area contributed by atoms with Crippen molar-refractivity contribution in [1.82, 2.24) is 14.8 Å². The van der Waals surface area contributed by atoms with Crippen LogP contribution in [0.5, 0.6) is 5.75 Å². The van der Waals surface area contributed by atoms with Gasteiger partial charge in [-0.25, -0.2) is 4.39 Å². The Morgan fingerprint density at radius 1 is 1.17 bits per heavy atom. The van der Waals surface area contributed by atoms with Gasteiger partial charge in [-0.3, -0.25) is 4.79 Å². The molecule has 0 unspecified atom stereocenters. The van der Waals surface area contributed by atoms with Crippen molar-refractivity contribution < 1.29 is 13.9 Å². The lowest BCUT2D eigenvalue weighted by atomic mass is 10.2. The Hall–Kier alpha value is -3.22. The van der Waals surface area contributed by atoms with Gasteiger partial charge in [0, 0.05) is 5.56 Å². The van der Waals surface area contributed by atoms with Gasteiger partial charge in [-0.1, -0.05) is 12.1 Å². The van der Waals surface area contributed by atoms with Crippen molar-refractivity contribution in [2.45, 2.75) is 0 Å². The van der Waals surface area contributed by atoms with E-state index in [1.165, 1.54) is 31.4 Å². The first-order chi connectivity index (χ1) is 11.1. The monoisotopic (exact) mass is 312 g/mol. The highest BCUT2D eigenvalue weighted by Crippen LogP contribution is 2.21. The highest BCUT2D eigenvalue weighted by Gasteiger charge is 2.19. The number of hydrogen-bond donors (Lipinski definition) is 1. The molecule has 1 aromatic heterocycles. The van der Waals surface area contributed by atoms with E-state index in [0.717, 1.165) is 4.68 Å². The summed E-state index contributed by atoms with van der Waals surface area (Å²) in [7, 11) is 1.47. The van der Waals surface area contributed by atoms with E-state index in [0.29, 0.717) is 16.9 Å². The van der Waals surface area contributed by atoms with E-state index >= 15 is 0 Å². The fourth-order valence-corrected chi connectivity index (χ4v) is 2.13. The van der Waals surface area contributed by atoms with Crippen LogP contribution in [0.15, 0.2) is 48.5 Å². The Bertz CT molecular complexity index is 859. The van der Waals surface area contributed by atoms with Crippen LogP contribution in [0.1, 0.15) is 10.4 Å². The molecule has 3 rings (SSSR count). The molecular weight excluding hydrogens is 299 g/mol. The molecule has 1 heterocycles. The summed E-state index contributed by atoms with van der Waals surface area (Å²) in [6.07, 6.45) is 0. The number of nitrogens with zero attached hydrogens (tertiary/aromatic N) is 3. The number of nitrogen functional groups attached to an aromatic ring is 1. The molecule has 0 atom stereocenters. The fourth-order valence-electron chi connectivity index (χ4n) is 2.13. The Morgan fingerprint density at radius 2 is 1.87 bits per heavy atom. The lowest BCUT2D eigenvalue weighted by Crippen LogP contribution is -2.17. The van der Waals surface area contributed by atoms with Crippen LogP contribution in [-0.2, 0) is 0 Å². The van der Waals surface area contributed by atoms with Gasteiger partial charge in [-0.15, -0.1) is 5.10 Å². The summed E-state index contributed by atoms with van der Waals surface area (Å²) in [6.45, 7) is 0. The fraction of sp³-hybridized carbons (Fsp3) is 0.0625. The van der Waals surface area contributed by atoms with Gasteiger partial charge in [-0.2, -0.15) is 9.67 Å². The minimum Gasteiger partial charge on any atom is -0.496 e. The van der Waals surface area contributed by atoms with Crippen LogP contribution in [0, 0.1) is 5.82 Å². The first-order valence-corrected chi connectivity index (χ1v) is 6.76. The first kappa shape index (κ1) is 14.7. The number of anilines is 1. The van der Waals surface area contributed by atoms with Crippen LogP contribution < -0.4 is 10.5 Å². The molecule has 0 aliphatic carbocycles. The zero-order chi connectivity index (χ0) is 16.4. The van der Waals surface area contributed by atoms with Crippen molar-refractivity contribution in [2.24, 2.45) is 0 Å². The largest absolute Gasteiger partial charge is 0.496 e. The summed E-state index contributed by atoms with van der Waals surface area (Å²) >= 11 is 0. The molecule has 3 aromatic rings. The first-order valence-electron chi connectivity index (χ1n) is 6.76. The van der Waals surface area contributed by atoms with Crippen LogP contribution in [0.2, 0.25) is 0 Å². The van der Waals surface area contributed by atoms with Crippen LogP contribution in [0.4, 0.5) is 10.3 Å². The van der Waals surface area contributed by atoms with Gasteiger partial charge in [0.05, 0.1) is 12.7 Å². The van der Waals surface area contributed by atoms with Crippen LogP contribution in [0.3, 0.4) is 0 Å². The highest BCUT2D eigenvalue weighted by atomic mass is 19.1. The van der Waals surface area contributed by atoms with E-state index in [9.17, 15) is 9.18 Å². The van der Waals surface area contributed by atoms with E-state index < -0.39 is 5.91 Å². The molecule has 6 nitrogen and oxygen atoms in total. The predicted molar refractivity (Wildman–Crippen MR) is 82.6 cm³/mol. The van der Waals surface area contributed by atoms with Crippen LogP contribution in [-0.4, -0.2) is 27.8 Å². The third-order valence-electron chi connectivity index (χ3n) is 3.26. The zero-order valence-corrected chi connectivity index (χ0v) is 12.2. The topological polar surface area (TPSA) is 83.0 Å². The van der Waals surface area contributed by atoms with Crippen LogP contribution in [0.25, 0.3) is 11.4 Å². The van der Waals surface area contributed by atoms with Crippen molar-refractivity contribution in [3.63, 3.8) is 0 Å². The molecule has 23 heavy (non-hydrogen) atoms. The minimum absolute atomic E-state index is 0.0553. The Labute approximate surface area is 131 Å². The SMILES string of the molecule is COc1ccccc1C(=O)n1nc(-c2ccc(F)cc2)nc1N. The molecule has 2 N–H and O–H groups in total. The molecule has 0 aliphatic rings. The van der Waals surface area contributed by atoms with Crippen molar-refractivity contribution in [1.29, 1.82) is 0 Å². The van der Waals surface area contributed by atoms with Crippen molar-refractivity contribution in [3.05, 3.63) is 59.9 Å². The van der Waals surface area contributed by atoms with Gasteiger partial charge in [0.25, 0.3) is 5.91 Å². The van der Waals surface area contributed by atoms with Crippen LogP contribution >= 0.6 is 0 Å². The standard InChI is InChI=1S/C16H13FN4O2/c1-23-13-5-3-2-4-12(13)15(22)21-16(18)19-14(20-21)10-6-8-11(17)9-7-10/h2-9H,1H3,(H2,18,19,20). The Morgan fingerprint density at radius 3 is 2.57 bits per heavy atom.